The molecule has 0 heterocycles. The van der Waals surface area contributed by atoms with Crippen molar-refractivity contribution >= 4 is 11.9 Å². The average Bonchev–Trinajstić information content (AvgIpc) is 2.88. The van der Waals surface area contributed by atoms with Crippen LogP contribution in [-0.4, -0.2) is 23.1 Å². The lowest BCUT2D eigenvalue weighted by Gasteiger charge is -2.17. The van der Waals surface area contributed by atoms with Crippen molar-refractivity contribution in [2.45, 2.75) is 187 Å². The number of carbonyl (C=O) groups is 2. The second kappa shape index (κ2) is 29.2. The molecule has 1 atom stereocenters. The number of allylic oxidation sites excluding steroid dienone is 2. The normalized spacial score (nSPS) is 12.3. The molecule has 0 saturated heterocycles. The third-order valence-electron chi connectivity index (χ3n) is 7.25. The van der Waals surface area contributed by atoms with E-state index in [9.17, 15) is 9.59 Å². The van der Waals surface area contributed by atoms with Crippen LogP contribution in [0.3, 0.4) is 0 Å². The van der Waals surface area contributed by atoms with E-state index < -0.39 is 5.97 Å². The van der Waals surface area contributed by atoms with Crippen molar-refractivity contribution in [2.24, 2.45) is 0 Å². The minimum absolute atomic E-state index is 0.0732. The van der Waals surface area contributed by atoms with Gasteiger partial charge in [0.1, 0.15) is 6.10 Å². The van der Waals surface area contributed by atoms with Crippen molar-refractivity contribution < 1.29 is 19.4 Å². The van der Waals surface area contributed by atoms with Crippen LogP contribution in [0.4, 0.5) is 0 Å². The summed E-state index contributed by atoms with van der Waals surface area (Å²) in [6.07, 6.45) is 33.6. The molecule has 37 heavy (non-hydrogen) atoms. The summed E-state index contributed by atoms with van der Waals surface area (Å²) in [6.45, 7) is 4.50. The minimum atomic E-state index is -0.813. The molecule has 1 N–H and O–H groups in total. The maximum absolute atomic E-state index is 12.3. The van der Waals surface area contributed by atoms with Crippen LogP contribution in [0.2, 0.25) is 0 Å². The molecule has 0 aliphatic heterocycles. The van der Waals surface area contributed by atoms with Crippen LogP contribution in [0.5, 0.6) is 0 Å². The summed E-state index contributed by atoms with van der Waals surface area (Å²) in [5, 5.41) is 9.04. The van der Waals surface area contributed by atoms with Crippen LogP contribution in [0, 0.1) is 0 Å². The Hall–Kier alpha value is -1.32. The second-order valence-electron chi connectivity index (χ2n) is 11.0. The van der Waals surface area contributed by atoms with E-state index in [1.165, 1.54) is 116 Å². The molecule has 0 spiro atoms. The van der Waals surface area contributed by atoms with Gasteiger partial charge >= 0.3 is 11.9 Å². The van der Waals surface area contributed by atoms with Gasteiger partial charge in [-0.1, -0.05) is 129 Å². The van der Waals surface area contributed by atoms with E-state index in [2.05, 4.69) is 26.0 Å². The number of esters is 1. The highest BCUT2D eigenvalue weighted by Crippen LogP contribution is 2.17. The lowest BCUT2D eigenvalue weighted by atomic mass is 10.0. The van der Waals surface area contributed by atoms with Gasteiger partial charge in [-0.3, -0.25) is 9.59 Å². The van der Waals surface area contributed by atoms with Gasteiger partial charge in [0.15, 0.2) is 0 Å². The fourth-order valence-corrected chi connectivity index (χ4v) is 4.81. The summed E-state index contributed by atoms with van der Waals surface area (Å²) in [7, 11) is 0. The molecule has 0 aliphatic rings. The summed E-state index contributed by atoms with van der Waals surface area (Å²) in [6, 6.07) is 0. The highest BCUT2D eigenvalue weighted by atomic mass is 16.5. The van der Waals surface area contributed by atoms with Gasteiger partial charge in [0.2, 0.25) is 0 Å². The number of rotatable bonds is 29. The van der Waals surface area contributed by atoms with Gasteiger partial charge in [0, 0.05) is 12.8 Å². The zero-order chi connectivity index (χ0) is 27.2. The maximum Gasteiger partial charge on any atom is 0.306 e. The largest absolute Gasteiger partial charge is 0.481 e. The Morgan fingerprint density at radius 3 is 1.51 bits per heavy atom. The predicted octanol–water partition coefficient (Wildman–Crippen LogP) is 10.7. The van der Waals surface area contributed by atoms with E-state index in [1.807, 2.05) is 0 Å². The van der Waals surface area contributed by atoms with Crippen LogP contribution in [0.1, 0.15) is 181 Å². The number of aliphatic carboxylic acids is 1. The van der Waals surface area contributed by atoms with E-state index in [4.69, 9.17) is 9.84 Å². The Morgan fingerprint density at radius 1 is 0.568 bits per heavy atom. The molecular weight excluding hydrogens is 460 g/mol. The van der Waals surface area contributed by atoms with E-state index in [0.29, 0.717) is 12.8 Å². The van der Waals surface area contributed by atoms with E-state index in [1.54, 1.807) is 0 Å². The third kappa shape index (κ3) is 29.1. The molecule has 0 fully saturated rings. The zero-order valence-electron chi connectivity index (χ0n) is 24.8. The van der Waals surface area contributed by atoms with E-state index in [0.717, 1.165) is 32.1 Å². The molecule has 0 radical (unpaired) electrons. The monoisotopic (exact) mass is 522 g/mol. The molecule has 0 rings (SSSR count). The van der Waals surface area contributed by atoms with Crippen molar-refractivity contribution in [1.29, 1.82) is 0 Å². The smallest absolute Gasteiger partial charge is 0.306 e. The first-order valence-corrected chi connectivity index (χ1v) is 16.2. The van der Waals surface area contributed by atoms with Crippen molar-refractivity contribution in [3.05, 3.63) is 12.2 Å². The molecule has 0 aromatic carbocycles. The Labute approximate surface area is 230 Å². The zero-order valence-corrected chi connectivity index (χ0v) is 24.8. The first kappa shape index (κ1) is 35.7. The summed E-state index contributed by atoms with van der Waals surface area (Å²) in [4.78, 5) is 23.3. The summed E-state index contributed by atoms with van der Waals surface area (Å²) in [5.74, 6) is -0.960. The van der Waals surface area contributed by atoms with Crippen molar-refractivity contribution in [3.63, 3.8) is 0 Å². The van der Waals surface area contributed by atoms with Gasteiger partial charge in [0.05, 0.1) is 0 Å². The number of ether oxygens (including phenoxy) is 1. The molecular formula is C33H62O4. The number of carboxylic acid groups (broad SMARTS) is 1. The topological polar surface area (TPSA) is 63.6 Å². The molecule has 0 aromatic rings. The molecule has 0 amide bonds. The molecule has 4 nitrogen and oxygen atoms in total. The second-order valence-corrected chi connectivity index (χ2v) is 11.0. The van der Waals surface area contributed by atoms with Crippen LogP contribution in [0.25, 0.3) is 0 Å². The summed E-state index contributed by atoms with van der Waals surface area (Å²) >= 11 is 0. The molecule has 1 unspecified atom stereocenters. The fourth-order valence-electron chi connectivity index (χ4n) is 4.81. The van der Waals surface area contributed by atoms with Gasteiger partial charge in [-0.15, -0.1) is 0 Å². The number of hydrogen-bond acceptors (Lipinski definition) is 3. The van der Waals surface area contributed by atoms with Crippen molar-refractivity contribution in [3.8, 4) is 0 Å². The molecule has 0 bridgehead atoms. The van der Waals surface area contributed by atoms with Crippen LogP contribution >= 0.6 is 0 Å². The van der Waals surface area contributed by atoms with Gasteiger partial charge < -0.3 is 9.84 Å². The van der Waals surface area contributed by atoms with Crippen LogP contribution < -0.4 is 0 Å². The van der Waals surface area contributed by atoms with Crippen LogP contribution in [-0.2, 0) is 14.3 Å². The fraction of sp³-hybridized carbons (Fsp3) is 0.879. The number of carboxylic acids is 1. The van der Waals surface area contributed by atoms with Gasteiger partial charge in [-0.25, -0.2) is 0 Å². The number of hydrogen-bond donors (Lipinski definition) is 1. The third-order valence-corrected chi connectivity index (χ3v) is 7.25. The lowest BCUT2D eigenvalue weighted by Crippen LogP contribution is -2.19. The Morgan fingerprint density at radius 2 is 1.00 bits per heavy atom. The van der Waals surface area contributed by atoms with Crippen LogP contribution in [0.15, 0.2) is 12.2 Å². The Kier molecular flexibility index (Phi) is 28.2. The molecule has 0 saturated carbocycles. The standard InChI is InChI=1S/C33H62O4/c1-3-5-7-9-11-13-15-16-17-18-20-22-24-26-28-33(36)37-31(29-30-32(34)35)27-25-23-21-19-14-12-10-8-6-4-2/h13,15,31H,3-12,14,16-30H2,1-2H3,(H,34,35)/b15-13-. The van der Waals surface area contributed by atoms with Crippen molar-refractivity contribution in [2.75, 3.05) is 0 Å². The van der Waals surface area contributed by atoms with E-state index >= 15 is 0 Å². The highest BCUT2D eigenvalue weighted by molar-refractivity contribution is 5.69. The molecule has 4 heteroatoms. The predicted molar refractivity (Wildman–Crippen MR) is 158 cm³/mol. The number of unbranched alkanes of at least 4 members (excludes halogenated alkanes) is 19. The Bertz CT molecular complexity index is 528. The first-order chi connectivity index (χ1) is 18.1. The molecule has 0 aromatic heterocycles. The summed E-state index contributed by atoms with van der Waals surface area (Å²) < 4.78 is 5.69. The van der Waals surface area contributed by atoms with E-state index in [-0.39, 0.29) is 18.5 Å². The lowest BCUT2D eigenvalue weighted by molar-refractivity contribution is -0.151. The van der Waals surface area contributed by atoms with Crippen molar-refractivity contribution in [1.82, 2.24) is 0 Å². The average molecular weight is 523 g/mol. The minimum Gasteiger partial charge on any atom is -0.481 e. The molecule has 218 valence electrons. The van der Waals surface area contributed by atoms with Gasteiger partial charge in [0.25, 0.3) is 0 Å². The Balaban J connectivity index is 3.78. The highest BCUT2D eigenvalue weighted by Gasteiger charge is 2.15. The van der Waals surface area contributed by atoms with Gasteiger partial charge in [-0.2, -0.15) is 0 Å². The summed E-state index contributed by atoms with van der Waals surface area (Å²) in [5.41, 5.74) is 0. The molecule has 0 aliphatic carbocycles. The van der Waals surface area contributed by atoms with Gasteiger partial charge in [-0.05, 0) is 51.4 Å². The number of carbonyl (C=O) groups excluding carboxylic acids is 1. The first-order valence-electron chi connectivity index (χ1n) is 16.2. The maximum atomic E-state index is 12.3. The SMILES string of the molecule is CCCCCC/C=C\CCCCCCCCC(=O)OC(CCCCCCCCCCCC)CCC(=O)O. The quantitative estimate of drug-likeness (QED) is 0.0602.